The summed E-state index contributed by atoms with van der Waals surface area (Å²) < 4.78 is 0. The van der Waals surface area contributed by atoms with Crippen molar-refractivity contribution in [2.75, 3.05) is 0 Å². The molecule has 0 bridgehead atoms. The Morgan fingerprint density at radius 2 is 1.09 bits per heavy atom. The average molecular weight is 637 g/mol. The number of nitrogens with zero attached hydrogens (tertiary/aromatic N) is 2. The van der Waals surface area contributed by atoms with E-state index in [2.05, 4.69) is 22.1 Å². The number of hydrogen-bond donors (Lipinski definition) is 4. The predicted molar refractivity (Wildman–Crippen MR) is 128 cm³/mol. The van der Waals surface area contributed by atoms with Crippen LogP contribution in [0.5, 0.6) is 11.5 Å². The van der Waals surface area contributed by atoms with E-state index in [9.17, 15) is 0 Å². The Labute approximate surface area is 214 Å². The van der Waals surface area contributed by atoms with Crippen molar-refractivity contribution in [1.29, 1.82) is 0 Å². The number of hydrogen-bond acceptors (Lipinski definition) is 6. The van der Waals surface area contributed by atoms with Crippen molar-refractivity contribution in [3.05, 3.63) is 97.3 Å². The van der Waals surface area contributed by atoms with Gasteiger partial charge in [-0.1, -0.05) is 24.3 Å². The Hall–Kier alpha value is -3.09. The van der Waals surface area contributed by atoms with Gasteiger partial charge in [-0.05, 0) is 43.8 Å². The topological polar surface area (TPSA) is 107 Å². The minimum atomic E-state index is -0.375. The van der Waals surface area contributed by atoms with Gasteiger partial charge in [0.1, 0.15) is 0 Å². The van der Waals surface area contributed by atoms with E-state index in [0.29, 0.717) is 6.42 Å². The van der Waals surface area contributed by atoms with Crippen LogP contribution in [0.2, 0.25) is 0 Å². The van der Waals surface area contributed by atoms with E-state index < -0.39 is 0 Å². The monoisotopic (exact) mass is 637 g/mol. The van der Waals surface area contributed by atoms with Gasteiger partial charge in [-0.25, -0.2) is 0 Å². The van der Waals surface area contributed by atoms with Gasteiger partial charge in [0, 0.05) is 44.0 Å². The van der Waals surface area contributed by atoms with E-state index >= 15 is 0 Å². The normalized spacial score (nSPS) is 11.4. The molecule has 1 radical (unpaired) electrons. The van der Waals surface area contributed by atoms with Gasteiger partial charge < -0.3 is 30.4 Å². The van der Waals surface area contributed by atoms with Crippen LogP contribution in [0, 0.1) is 12.1 Å². The molecular formula is C27H28IrN2O4-2. The van der Waals surface area contributed by atoms with E-state index in [1.807, 2.05) is 36.4 Å². The summed E-state index contributed by atoms with van der Waals surface area (Å²) in [6, 6.07) is 27.2. The molecule has 0 aliphatic carbocycles. The number of rotatable bonds is 4. The molecule has 4 aromatic rings. The molecule has 2 aromatic carbocycles. The maximum absolute atomic E-state index is 9.05. The smallest absolute Gasteiger partial charge is 0.0536 e. The molecule has 4 rings (SSSR count). The summed E-state index contributed by atoms with van der Waals surface area (Å²) in [5.41, 5.74) is 3.50. The molecule has 0 saturated heterocycles. The van der Waals surface area contributed by atoms with Gasteiger partial charge in [-0.15, -0.1) is 59.7 Å². The van der Waals surface area contributed by atoms with Crippen molar-refractivity contribution in [1.82, 2.24) is 9.97 Å². The first-order chi connectivity index (χ1) is 15.8. The van der Waals surface area contributed by atoms with Crippen LogP contribution in [0.3, 0.4) is 0 Å². The zero-order chi connectivity index (χ0) is 24.1. The molecule has 0 amide bonds. The maximum atomic E-state index is 9.05. The molecule has 2 aromatic heterocycles. The molecule has 2 unspecified atom stereocenters. The Bertz CT molecular complexity index is 956. The van der Waals surface area contributed by atoms with Crippen molar-refractivity contribution in [3.63, 3.8) is 0 Å². The molecule has 181 valence electrons. The van der Waals surface area contributed by atoms with Gasteiger partial charge in [0.25, 0.3) is 0 Å². The zero-order valence-electron chi connectivity index (χ0n) is 19.0. The largest absolute Gasteiger partial charge is 0.551 e. The van der Waals surface area contributed by atoms with Crippen LogP contribution in [-0.2, 0) is 20.1 Å². The fraction of sp³-hybridized carbons (Fsp3) is 0.185. The van der Waals surface area contributed by atoms with Crippen molar-refractivity contribution in [2.45, 2.75) is 32.5 Å². The maximum Gasteiger partial charge on any atom is 0.0536 e. The standard InChI is InChI=1S/2C11H8NO.C5H12O2.Ir/c2*13-10-6-4-9(5-7-10)11-3-1-2-8-12-11;1-4(6)3-5(2)7;/h2*1-4,6-8,13H;4-7H,3H2,1-2H3;/q2*-1;;. The van der Waals surface area contributed by atoms with Crippen LogP contribution in [0.4, 0.5) is 0 Å². The first-order valence-electron chi connectivity index (χ1n) is 10.5. The molecule has 0 aliphatic heterocycles. The third-order valence-electron chi connectivity index (χ3n) is 4.16. The molecule has 4 N–H and O–H groups in total. The van der Waals surface area contributed by atoms with Gasteiger partial charge in [0.2, 0.25) is 0 Å². The Balaban J connectivity index is 0.000000264. The molecule has 0 spiro atoms. The summed E-state index contributed by atoms with van der Waals surface area (Å²) in [6.07, 6.45) is 3.19. The van der Waals surface area contributed by atoms with Crippen LogP contribution in [0.1, 0.15) is 20.3 Å². The summed E-state index contributed by atoms with van der Waals surface area (Å²) in [6.45, 7) is 3.32. The van der Waals surface area contributed by atoms with Crippen LogP contribution in [0.15, 0.2) is 85.2 Å². The number of aliphatic hydroxyl groups is 2. The Kier molecular flexibility index (Phi) is 13.4. The predicted octanol–water partition coefficient (Wildman–Crippen LogP) is 4.64. The first kappa shape index (κ1) is 28.9. The van der Waals surface area contributed by atoms with Crippen LogP contribution in [-0.4, -0.2) is 42.6 Å². The van der Waals surface area contributed by atoms with Crippen molar-refractivity contribution < 1.29 is 40.5 Å². The molecule has 7 heteroatoms. The van der Waals surface area contributed by atoms with E-state index in [0.717, 1.165) is 22.5 Å². The fourth-order valence-corrected chi connectivity index (χ4v) is 2.69. The third kappa shape index (κ3) is 11.2. The minimum Gasteiger partial charge on any atom is -0.551 e. The van der Waals surface area contributed by atoms with Gasteiger partial charge >= 0.3 is 0 Å². The minimum absolute atomic E-state index is 0. The molecule has 0 saturated carbocycles. The second-order valence-corrected chi connectivity index (χ2v) is 7.28. The van der Waals surface area contributed by atoms with Crippen LogP contribution >= 0.6 is 0 Å². The molecule has 2 heterocycles. The van der Waals surface area contributed by atoms with E-state index in [1.165, 1.54) is 12.1 Å². The first-order valence-corrected chi connectivity index (χ1v) is 10.5. The number of aliphatic hydroxyl groups excluding tert-OH is 2. The van der Waals surface area contributed by atoms with Gasteiger partial charge in [0.05, 0.1) is 12.2 Å². The van der Waals surface area contributed by atoms with Gasteiger partial charge in [-0.3, -0.25) is 0 Å². The number of benzene rings is 2. The molecule has 34 heavy (non-hydrogen) atoms. The van der Waals surface area contributed by atoms with Crippen molar-refractivity contribution >= 4 is 0 Å². The molecule has 0 fully saturated rings. The van der Waals surface area contributed by atoms with E-state index in [-0.39, 0.29) is 43.8 Å². The van der Waals surface area contributed by atoms with Gasteiger partial charge in [0.15, 0.2) is 0 Å². The number of aromatic hydroxyl groups is 2. The average Bonchev–Trinajstić information content (AvgIpc) is 2.81. The van der Waals surface area contributed by atoms with Crippen LogP contribution in [0.25, 0.3) is 22.5 Å². The summed E-state index contributed by atoms with van der Waals surface area (Å²) in [5.74, 6) is 0.444. The zero-order valence-corrected chi connectivity index (χ0v) is 21.4. The molecule has 6 nitrogen and oxygen atoms in total. The second-order valence-electron chi connectivity index (χ2n) is 7.28. The number of phenols is 2. The van der Waals surface area contributed by atoms with E-state index in [4.69, 9.17) is 20.4 Å². The van der Waals surface area contributed by atoms with Crippen molar-refractivity contribution in [2.24, 2.45) is 0 Å². The Morgan fingerprint density at radius 3 is 1.32 bits per heavy atom. The SMILES string of the molecule is CC(O)CC(C)O.Oc1c[c-]c(-c2ccccn2)cc1.Oc1c[c-]c(-c2ccccn2)cc1.[Ir]. The van der Waals surface area contributed by atoms with Crippen molar-refractivity contribution in [3.8, 4) is 34.0 Å². The summed E-state index contributed by atoms with van der Waals surface area (Å²) in [4.78, 5) is 8.33. The third-order valence-corrected chi connectivity index (χ3v) is 4.16. The fourth-order valence-electron chi connectivity index (χ4n) is 2.69. The molecule has 2 atom stereocenters. The van der Waals surface area contributed by atoms with Crippen LogP contribution < -0.4 is 0 Å². The van der Waals surface area contributed by atoms with E-state index in [1.54, 1.807) is 50.5 Å². The second kappa shape index (κ2) is 15.7. The number of aromatic nitrogens is 2. The molecular weight excluding hydrogens is 609 g/mol. The number of phenolic OH excluding ortho intramolecular Hbond substituents is 2. The van der Waals surface area contributed by atoms with Gasteiger partial charge in [-0.2, -0.15) is 0 Å². The molecule has 0 aliphatic rings. The quantitative estimate of drug-likeness (QED) is 0.243. The Morgan fingerprint density at radius 1 is 0.676 bits per heavy atom. The summed E-state index contributed by atoms with van der Waals surface area (Å²) >= 11 is 0. The summed E-state index contributed by atoms with van der Waals surface area (Å²) in [5, 5.41) is 35.2. The summed E-state index contributed by atoms with van der Waals surface area (Å²) in [7, 11) is 0. The number of pyridine rings is 2.